The molecule has 0 saturated carbocycles. The fourth-order valence-electron chi connectivity index (χ4n) is 1.68. The molecule has 0 atom stereocenters. The van der Waals surface area contributed by atoms with E-state index >= 15 is 0 Å². The van der Waals surface area contributed by atoms with Gasteiger partial charge in [-0.15, -0.1) is 0 Å². The zero-order valence-electron chi connectivity index (χ0n) is 10.7. The molecule has 2 aromatic carbocycles. The van der Waals surface area contributed by atoms with E-state index in [4.69, 9.17) is 10.5 Å². The summed E-state index contributed by atoms with van der Waals surface area (Å²) in [7, 11) is 1.55. The van der Waals surface area contributed by atoms with E-state index in [2.05, 4.69) is 5.32 Å². The number of hydrogen-bond donors (Lipinski definition) is 2. The van der Waals surface area contributed by atoms with E-state index in [1.165, 1.54) is 6.07 Å². The van der Waals surface area contributed by atoms with E-state index in [9.17, 15) is 13.2 Å². The Balaban J connectivity index is 2.21. The summed E-state index contributed by atoms with van der Waals surface area (Å²) in [6, 6.07) is 10.2. The van der Waals surface area contributed by atoms with E-state index in [1.54, 1.807) is 31.4 Å². The van der Waals surface area contributed by atoms with Crippen LogP contribution in [0.25, 0.3) is 0 Å². The first-order valence-electron chi connectivity index (χ1n) is 5.78. The summed E-state index contributed by atoms with van der Waals surface area (Å²) in [5, 5.41) is 2.95. The number of rotatable bonds is 3. The molecule has 0 fully saturated rings. The Hall–Kier alpha value is -2.37. The number of nitrogens with one attached hydrogen (secondary N) is 1. The molecule has 0 aliphatic heterocycles. The first kappa shape index (κ1) is 14.0. The second kappa shape index (κ2) is 5.32. The summed E-state index contributed by atoms with van der Waals surface area (Å²) in [5.41, 5.74) is 6.03. The monoisotopic (exact) mass is 282 g/mol. The first-order valence-corrected chi connectivity index (χ1v) is 5.78. The SMILES string of the molecule is COc1ccc(Nc2ccc(C(F)(F)F)cc2N)cc1. The van der Waals surface area contributed by atoms with Gasteiger partial charge in [0.05, 0.1) is 24.0 Å². The number of hydrogen-bond acceptors (Lipinski definition) is 3. The second-order valence-corrected chi connectivity index (χ2v) is 4.15. The van der Waals surface area contributed by atoms with Crippen LogP contribution in [0.15, 0.2) is 42.5 Å². The lowest BCUT2D eigenvalue weighted by atomic mass is 10.1. The molecule has 20 heavy (non-hydrogen) atoms. The molecule has 0 aliphatic rings. The van der Waals surface area contributed by atoms with Crippen LogP contribution in [-0.4, -0.2) is 7.11 Å². The molecule has 3 N–H and O–H groups in total. The maximum absolute atomic E-state index is 12.5. The minimum Gasteiger partial charge on any atom is -0.497 e. The minimum atomic E-state index is -4.40. The van der Waals surface area contributed by atoms with Crippen molar-refractivity contribution in [2.24, 2.45) is 0 Å². The lowest BCUT2D eigenvalue weighted by molar-refractivity contribution is -0.137. The van der Waals surface area contributed by atoms with Crippen LogP contribution in [0.1, 0.15) is 5.56 Å². The summed E-state index contributed by atoms with van der Waals surface area (Å²) in [4.78, 5) is 0. The maximum Gasteiger partial charge on any atom is 0.416 e. The zero-order valence-corrected chi connectivity index (χ0v) is 10.7. The molecule has 0 saturated heterocycles. The Bertz CT molecular complexity index is 594. The predicted molar refractivity (Wildman–Crippen MR) is 72.1 cm³/mol. The minimum absolute atomic E-state index is 0.0376. The van der Waals surface area contributed by atoms with Crippen LogP contribution < -0.4 is 15.8 Å². The molecular weight excluding hydrogens is 269 g/mol. The van der Waals surface area contributed by atoms with Crippen LogP contribution in [0.3, 0.4) is 0 Å². The molecule has 0 aromatic heterocycles. The number of methoxy groups -OCH3 is 1. The standard InChI is InChI=1S/C14H13F3N2O/c1-20-11-5-3-10(4-6-11)19-13-7-2-9(8-12(13)18)14(15,16)17/h2-8,19H,18H2,1H3. The van der Waals surface area contributed by atoms with Crippen molar-refractivity contribution in [3.8, 4) is 5.75 Å². The molecule has 6 heteroatoms. The smallest absolute Gasteiger partial charge is 0.416 e. The highest BCUT2D eigenvalue weighted by molar-refractivity contribution is 5.73. The van der Waals surface area contributed by atoms with Crippen molar-refractivity contribution in [3.05, 3.63) is 48.0 Å². The van der Waals surface area contributed by atoms with Gasteiger partial charge < -0.3 is 15.8 Å². The highest BCUT2D eigenvalue weighted by Crippen LogP contribution is 2.33. The van der Waals surface area contributed by atoms with Gasteiger partial charge in [0.15, 0.2) is 0 Å². The molecule has 2 aromatic rings. The molecule has 0 amide bonds. The number of ether oxygens (including phenoxy) is 1. The van der Waals surface area contributed by atoms with Crippen molar-refractivity contribution >= 4 is 17.1 Å². The average molecular weight is 282 g/mol. The number of anilines is 3. The maximum atomic E-state index is 12.5. The molecule has 0 unspecified atom stereocenters. The van der Waals surface area contributed by atoms with Gasteiger partial charge in [0.25, 0.3) is 0 Å². The normalized spacial score (nSPS) is 11.2. The van der Waals surface area contributed by atoms with Gasteiger partial charge in [-0.05, 0) is 42.5 Å². The largest absolute Gasteiger partial charge is 0.497 e. The number of nitrogens with two attached hydrogens (primary N) is 1. The molecule has 0 spiro atoms. The number of nitrogen functional groups attached to an aromatic ring is 1. The number of halogens is 3. The van der Waals surface area contributed by atoms with Crippen LogP contribution in [0.2, 0.25) is 0 Å². The van der Waals surface area contributed by atoms with Gasteiger partial charge in [-0.1, -0.05) is 0 Å². The first-order chi connectivity index (χ1) is 9.40. The van der Waals surface area contributed by atoms with Crippen molar-refractivity contribution < 1.29 is 17.9 Å². The fourth-order valence-corrected chi connectivity index (χ4v) is 1.68. The Labute approximate surface area is 114 Å². The topological polar surface area (TPSA) is 47.3 Å². The van der Waals surface area contributed by atoms with Gasteiger partial charge >= 0.3 is 6.18 Å². The van der Waals surface area contributed by atoms with Gasteiger partial charge in [0.1, 0.15) is 5.75 Å². The third-order valence-corrected chi connectivity index (χ3v) is 2.75. The zero-order chi connectivity index (χ0) is 14.8. The van der Waals surface area contributed by atoms with Crippen molar-refractivity contribution in [2.45, 2.75) is 6.18 Å². The van der Waals surface area contributed by atoms with Crippen LogP contribution in [-0.2, 0) is 6.18 Å². The molecular formula is C14H13F3N2O. The molecule has 2 rings (SSSR count). The molecule has 106 valence electrons. The van der Waals surface area contributed by atoms with Crippen LogP contribution >= 0.6 is 0 Å². The van der Waals surface area contributed by atoms with Crippen LogP contribution in [0.5, 0.6) is 5.75 Å². The lowest BCUT2D eigenvalue weighted by Crippen LogP contribution is -2.06. The van der Waals surface area contributed by atoms with Gasteiger partial charge in [-0.2, -0.15) is 13.2 Å². The average Bonchev–Trinajstić information content (AvgIpc) is 2.41. The van der Waals surface area contributed by atoms with E-state index in [-0.39, 0.29) is 5.69 Å². The summed E-state index contributed by atoms with van der Waals surface area (Å²) >= 11 is 0. The highest BCUT2D eigenvalue weighted by atomic mass is 19.4. The lowest BCUT2D eigenvalue weighted by Gasteiger charge is -2.13. The van der Waals surface area contributed by atoms with E-state index < -0.39 is 11.7 Å². The molecule has 0 aliphatic carbocycles. The predicted octanol–water partition coefficient (Wildman–Crippen LogP) is 4.04. The van der Waals surface area contributed by atoms with Gasteiger partial charge in [-0.3, -0.25) is 0 Å². The van der Waals surface area contributed by atoms with E-state index in [1.807, 2.05) is 0 Å². The van der Waals surface area contributed by atoms with E-state index in [0.717, 1.165) is 12.1 Å². The van der Waals surface area contributed by atoms with Gasteiger partial charge in [0, 0.05) is 5.69 Å². The third-order valence-electron chi connectivity index (χ3n) is 2.75. The highest BCUT2D eigenvalue weighted by Gasteiger charge is 2.30. The van der Waals surface area contributed by atoms with Gasteiger partial charge in [0.2, 0.25) is 0 Å². The summed E-state index contributed by atoms with van der Waals surface area (Å²) < 4.78 is 42.6. The van der Waals surface area contributed by atoms with Crippen molar-refractivity contribution in [1.82, 2.24) is 0 Å². The Morgan fingerprint density at radius 1 is 1.05 bits per heavy atom. The van der Waals surface area contributed by atoms with Crippen LogP contribution in [0.4, 0.5) is 30.2 Å². The molecule has 0 bridgehead atoms. The van der Waals surface area contributed by atoms with Crippen molar-refractivity contribution in [1.29, 1.82) is 0 Å². The van der Waals surface area contributed by atoms with E-state index in [0.29, 0.717) is 17.1 Å². The summed E-state index contributed by atoms with van der Waals surface area (Å²) in [5.74, 6) is 0.691. The summed E-state index contributed by atoms with van der Waals surface area (Å²) in [6.45, 7) is 0. The Morgan fingerprint density at radius 2 is 1.70 bits per heavy atom. The number of alkyl halides is 3. The Kier molecular flexibility index (Phi) is 3.74. The van der Waals surface area contributed by atoms with Gasteiger partial charge in [-0.25, -0.2) is 0 Å². The molecule has 3 nitrogen and oxygen atoms in total. The number of benzene rings is 2. The second-order valence-electron chi connectivity index (χ2n) is 4.15. The molecule has 0 heterocycles. The Morgan fingerprint density at radius 3 is 2.20 bits per heavy atom. The summed E-state index contributed by atoms with van der Waals surface area (Å²) in [6.07, 6.45) is -4.40. The fraction of sp³-hybridized carbons (Fsp3) is 0.143. The van der Waals surface area contributed by atoms with Crippen molar-refractivity contribution in [2.75, 3.05) is 18.2 Å². The molecule has 0 radical (unpaired) electrons. The van der Waals surface area contributed by atoms with Crippen LogP contribution in [0, 0.1) is 0 Å². The quantitative estimate of drug-likeness (QED) is 0.835. The van der Waals surface area contributed by atoms with Crippen molar-refractivity contribution in [3.63, 3.8) is 0 Å². The third kappa shape index (κ3) is 3.14.